The third kappa shape index (κ3) is 5.93. The van der Waals surface area contributed by atoms with Crippen LogP contribution in [0.25, 0.3) is 0 Å². The maximum atomic E-state index is 11.9. The molecule has 0 fully saturated rings. The number of carboxylic acids is 1. The maximum absolute atomic E-state index is 11.9. The van der Waals surface area contributed by atoms with Gasteiger partial charge in [-0.05, 0) is 17.7 Å². The van der Waals surface area contributed by atoms with Crippen LogP contribution in [0.2, 0.25) is 0 Å². The summed E-state index contributed by atoms with van der Waals surface area (Å²) in [6.07, 6.45) is -5.23. The summed E-state index contributed by atoms with van der Waals surface area (Å²) >= 11 is 0. The smallest absolute Gasteiger partial charge is 0.471 e. The van der Waals surface area contributed by atoms with Gasteiger partial charge in [0.15, 0.2) is 0 Å². The van der Waals surface area contributed by atoms with Gasteiger partial charge < -0.3 is 15.7 Å². The van der Waals surface area contributed by atoms with Crippen LogP contribution >= 0.6 is 0 Å². The molecule has 9 heteroatoms. The van der Waals surface area contributed by atoms with E-state index in [2.05, 4.69) is 5.32 Å². The van der Waals surface area contributed by atoms with Gasteiger partial charge in [-0.3, -0.25) is 14.4 Å². The zero-order valence-corrected chi connectivity index (χ0v) is 10.5. The highest BCUT2D eigenvalue weighted by atomic mass is 19.4. The van der Waals surface area contributed by atoms with Crippen molar-refractivity contribution in [1.29, 1.82) is 0 Å². The van der Waals surface area contributed by atoms with Gasteiger partial charge in [-0.2, -0.15) is 13.2 Å². The van der Waals surface area contributed by atoms with Gasteiger partial charge in [0.25, 0.3) is 0 Å². The fourth-order valence-corrected chi connectivity index (χ4v) is 1.35. The van der Waals surface area contributed by atoms with Crippen molar-refractivity contribution in [1.82, 2.24) is 5.32 Å². The Kier molecular flexibility index (Phi) is 5.28. The van der Waals surface area contributed by atoms with Crippen LogP contribution in [0.1, 0.15) is 5.56 Å². The molecule has 1 aromatic carbocycles. The molecule has 0 aliphatic carbocycles. The van der Waals surface area contributed by atoms with Crippen LogP contribution in [0.15, 0.2) is 24.3 Å². The van der Waals surface area contributed by atoms with E-state index in [0.29, 0.717) is 5.56 Å². The van der Waals surface area contributed by atoms with Crippen molar-refractivity contribution in [3.8, 4) is 0 Å². The molecule has 0 aromatic heterocycles. The second-order valence-electron chi connectivity index (χ2n) is 4.00. The number of benzene rings is 1. The molecule has 0 saturated carbocycles. The van der Waals surface area contributed by atoms with Crippen molar-refractivity contribution in [2.24, 2.45) is 0 Å². The topological polar surface area (TPSA) is 95.5 Å². The summed E-state index contributed by atoms with van der Waals surface area (Å²) in [4.78, 5) is 32.3. The van der Waals surface area contributed by atoms with Gasteiger partial charge in [-0.15, -0.1) is 0 Å². The van der Waals surface area contributed by atoms with E-state index < -0.39 is 30.5 Å². The predicted octanol–water partition coefficient (Wildman–Crippen LogP) is 0.931. The Morgan fingerprint density at radius 2 is 1.67 bits per heavy atom. The number of carbonyl (C=O) groups excluding carboxylic acids is 2. The number of hydrogen-bond donors (Lipinski definition) is 3. The van der Waals surface area contributed by atoms with Crippen molar-refractivity contribution < 1.29 is 32.7 Å². The number of carboxylic acid groups (broad SMARTS) is 1. The average molecular weight is 304 g/mol. The van der Waals surface area contributed by atoms with Gasteiger partial charge in [-0.25, -0.2) is 0 Å². The summed E-state index contributed by atoms with van der Waals surface area (Å²) in [5.41, 5.74) is 0.779. The van der Waals surface area contributed by atoms with Crippen LogP contribution in [0, 0.1) is 0 Å². The zero-order chi connectivity index (χ0) is 16.0. The normalized spacial score (nSPS) is 10.8. The molecule has 0 bridgehead atoms. The van der Waals surface area contributed by atoms with Crippen LogP contribution in [0.4, 0.5) is 18.9 Å². The molecule has 3 N–H and O–H groups in total. The summed E-state index contributed by atoms with van der Waals surface area (Å²) in [7, 11) is 0. The minimum atomic E-state index is -5.04. The number of hydrogen-bond acceptors (Lipinski definition) is 3. The Hall–Kier alpha value is -2.58. The molecule has 0 atom stereocenters. The first kappa shape index (κ1) is 16.5. The molecule has 1 rings (SSSR count). The van der Waals surface area contributed by atoms with Crippen molar-refractivity contribution in [3.05, 3.63) is 29.8 Å². The molecule has 2 amide bonds. The first-order valence-corrected chi connectivity index (χ1v) is 5.64. The number of rotatable bonds is 5. The molecule has 0 aliphatic heterocycles. The lowest BCUT2D eigenvalue weighted by atomic mass is 10.1. The second-order valence-corrected chi connectivity index (χ2v) is 4.00. The summed E-state index contributed by atoms with van der Waals surface area (Å²) in [6.45, 7) is -0.824. The highest BCUT2D eigenvalue weighted by molar-refractivity contribution is 5.95. The van der Waals surface area contributed by atoms with E-state index in [1.807, 2.05) is 0 Å². The monoisotopic (exact) mass is 304 g/mol. The summed E-state index contributed by atoms with van der Waals surface area (Å²) in [5.74, 6) is -4.05. The predicted molar refractivity (Wildman–Crippen MR) is 65.5 cm³/mol. The van der Waals surface area contributed by atoms with Crippen LogP contribution in [-0.4, -0.2) is 35.6 Å². The lowest BCUT2D eigenvalue weighted by Gasteiger charge is -2.09. The highest BCUT2D eigenvalue weighted by Crippen LogP contribution is 2.14. The first-order valence-electron chi connectivity index (χ1n) is 5.64. The van der Waals surface area contributed by atoms with Crippen molar-refractivity contribution in [2.45, 2.75) is 12.6 Å². The van der Waals surface area contributed by atoms with Crippen molar-refractivity contribution in [3.63, 3.8) is 0 Å². The SMILES string of the molecule is O=C(O)Cc1ccc(NC(=O)CNC(=O)C(F)(F)F)cc1. The van der Waals surface area contributed by atoms with Gasteiger partial charge in [-0.1, -0.05) is 12.1 Å². The van der Waals surface area contributed by atoms with E-state index in [0.717, 1.165) is 0 Å². The fourth-order valence-electron chi connectivity index (χ4n) is 1.35. The summed E-state index contributed by atoms with van der Waals surface area (Å²) in [5, 5.41) is 12.3. The molecule has 0 radical (unpaired) electrons. The molecule has 6 nitrogen and oxygen atoms in total. The standard InChI is InChI=1S/C12H11F3N2O4/c13-12(14,15)11(21)16-6-9(18)17-8-3-1-7(2-4-8)5-10(19)20/h1-4H,5-6H2,(H,16,21)(H,17,18)(H,19,20). The molecule has 0 heterocycles. The molecule has 0 saturated heterocycles. The quantitative estimate of drug-likeness (QED) is 0.754. The van der Waals surface area contributed by atoms with E-state index in [1.165, 1.54) is 29.6 Å². The van der Waals surface area contributed by atoms with Gasteiger partial charge in [0, 0.05) is 5.69 Å². The Morgan fingerprint density at radius 1 is 1.10 bits per heavy atom. The van der Waals surface area contributed by atoms with Crippen molar-refractivity contribution >= 4 is 23.5 Å². The number of amides is 2. The molecule has 114 valence electrons. The van der Waals surface area contributed by atoms with E-state index in [4.69, 9.17) is 5.11 Å². The Morgan fingerprint density at radius 3 is 2.14 bits per heavy atom. The van der Waals surface area contributed by atoms with Crippen LogP contribution < -0.4 is 10.6 Å². The molecule has 21 heavy (non-hydrogen) atoms. The number of aliphatic carboxylic acids is 1. The van der Waals surface area contributed by atoms with Crippen LogP contribution in [-0.2, 0) is 20.8 Å². The van der Waals surface area contributed by atoms with Gasteiger partial charge >= 0.3 is 18.1 Å². The third-order valence-electron chi connectivity index (χ3n) is 2.26. The molecule has 1 aromatic rings. The average Bonchev–Trinajstić information content (AvgIpc) is 2.36. The minimum Gasteiger partial charge on any atom is -0.481 e. The van der Waals surface area contributed by atoms with Crippen molar-refractivity contribution in [2.75, 3.05) is 11.9 Å². The highest BCUT2D eigenvalue weighted by Gasteiger charge is 2.38. The number of nitrogens with one attached hydrogen (secondary N) is 2. The Balaban J connectivity index is 2.48. The molecule has 0 spiro atoms. The van der Waals surface area contributed by atoms with E-state index in [9.17, 15) is 27.6 Å². The fraction of sp³-hybridized carbons (Fsp3) is 0.250. The Labute approximate surface area is 116 Å². The Bertz CT molecular complexity index is 540. The second kappa shape index (κ2) is 6.73. The molecular formula is C12H11F3N2O4. The lowest BCUT2D eigenvalue weighted by molar-refractivity contribution is -0.173. The maximum Gasteiger partial charge on any atom is 0.471 e. The zero-order valence-electron chi connectivity index (χ0n) is 10.5. The number of alkyl halides is 3. The molecule has 0 unspecified atom stereocenters. The summed E-state index contributed by atoms with van der Waals surface area (Å²) < 4.78 is 35.7. The molecule has 0 aliphatic rings. The summed E-state index contributed by atoms with van der Waals surface area (Å²) in [6, 6.07) is 5.72. The van der Waals surface area contributed by atoms with E-state index in [1.54, 1.807) is 0 Å². The number of halogens is 3. The number of anilines is 1. The van der Waals surface area contributed by atoms with Crippen LogP contribution in [0.5, 0.6) is 0 Å². The largest absolute Gasteiger partial charge is 0.481 e. The van der Waals surface area contributed by atoms with E-state index >= 15 is 0 Å². The van der Waals surface area contributed by atoms with Crippen LogP contribution in [0.3, 0.4) is 0 Å². The molecular weight excluding hydrogens is 293 g/mol. The third-order valence-corrected chi connectivity index (χ3v) is 2.26. The minimum absolute atomic E-state index is 0.185. The number of carbonyl (C=O) groups is 3. The van der Waals surface area contributed by atoms with Gasteiger partial charge in [0.2, 0.25) is 5.91 Å². The lowest BCUT2D eigenvalue weighted by Crippen LogP contribution is -2.41. The first-order chi connectivity index (χ1) is 9.68. The van der Waals surface area contributed by atoms with E-state index in [-0.39, 0.29) is 12.1 Å². The van der Waals surface area contributed by atoms with Gasteiger partial charge in [0.05, 0.1) is 13.0 Å². The van der Waals surface area contributed by atoms with Gasteiger partial charge in [0.1, 0.15) is 0 Å².